The molecule has 3 heteroatoms. The van der Waals surface area contributed by atoms with Gasteiger partial charge in [0.1, 0.15) is 0 Å². The molecule has 1 aromatic heterocycles. The van der Waals surface area contributed by atoms with Crippen molar-refractivity contribution in [2.45, 2.75) is 38.8 Å². The first kappa shape index (κ1) is 8.75. The fourth-order valence-electron chi connectivity index (χ4n) is 2.00. The van der Waals surface area contributed by atoms with Crippen molar-refractivity contribution in [3.05, 3.63) is 17.5 Å². The smallest absolute Gasteiger partial charge is 0.154 e. The molecule has 2 rings (SSSR count). The van der Waals surface area contributed by atoms with Gasteiger partial charge in [-0.3, -0.25) is 4.90 Å². The number of hydrogen-bond acceptors (Lipinski definition) is 3. The maximum atomic E-state index is 5.28. The SMILES string of the molecule is Cc1cc([C@@H]2CC[C@H](C)N2C)on1. The van der Waals surface area contributed by atoms with Crippen molar-refractivity contribution in [3.63, 3.8) is 0 Å². The molecule has 0 saturated carbocycles. The lowest BCUT2D eigenvalue weighted by Gasteiger charge is -2.20. The average Bonchev–Trinajstić information content (AvgIpc) is 2.62. The Balaban J connectivity index is 2.18. The molecule has 0 aromatic carbocycles. The summed E-state index contributed by atoms with van der Waals surface area (Å²) in [7, 11) is 2.15. The van der Waals surface area contributed by atoms with Gasteiger partial charge >= 0.3 is 0 Å². The minimum absolute atomic E-state index is 0.441. The first-order chi connectivity index (χ1) is 6.18. The molecule has 13 heavy (non-hydrogen) atoms. The Hall–Kier alpha value is -0.830. The van der Waals surface area contributed by atoms with Gasteiger partial charge in [0.2, 0.25) is 0 Å². The molecule has 1 fully saturated rings. The van der Waals surface area contributed by atoms with E-state index in [1.807, 2.05) is 13.0 Å². The van der Waals surface area contributed by atoms with Crippen LogP contribution >= 0.6 is 0 Å². The van der Waals surface area contributed by atoms with E-state index >= 15 is 0 Å². The van der Waals surface area contributed by atoms with E-state index in [1.165, 1.54) is 12.8 Å². The van der Waals surface area contributed by atoms with E-state index in [-0.39, 0.29) is 0 Å². The molecule has 2 atom stereocenters. The molecule has 1 aliphatic heterocycles. The summed E-state index contributed by atoms with van der Waals surface area (Å²) in [5.41, 5.74) is 0.975. The minimum atomic E-state index is 0.441. The molecule has 2 heterocycles. The number of hydrogen-bond donors (Lipinski definition) is 0. The molecular weight excluding hydrogens is 164 g/mol. The zero-order valence-corrected chi connectivity index (χ0v) is 8.45. The van der Waals surface area contributed by atoms with Crippen molar-refractivity contribution in [2.75, 3.05) is 7.05 Å². The Kier molecular flexibility index (Phi) is 2.12. The lowest BCUT2D eigenvalue weighted by molar-refractivity contribution is 0.215. The van der Waals surface area contributed by atoms with Crippen LogP contribution in [-0.2, 0) is 0 Å². The van der Waals surface area contributed by atoms with Gasteiger partial charge in [0.25, 0.3) is 0 Å². The van der Waals surface area contributed by atoms with E-state index in [2.05, 4.69) is 24.0 Å². The minimum Gasteiger partial charge on any atom is -0.359 e. The Morgan fingerprint density at radius 2 is 2.31 bits per heavy atom. The van der Waals surface area contributed by atoms with Gasteiger partial charge in [0, 0.05) is 12.1 Å². The van der Waals surface area contributed by atoms with Gasteiger partial charge in [0.15, 0.2) is 5.76 Å². The zero-order chi connectivity index (χ0) is 9.42. The second kappa shape index (κ2) is 3.14. The van der Waals surface area contributed by atoms with Gasteiger partial charge in [-0.1, -0.05) is 5.16 Å². The molecule has 0 bridgehead atoms. The third kappa shape index (κ3) is 1.48. The maximum Gasteiger partial charge on any atom is 0.154 e. The van der Waals surface area contributed by atoms with E-state index in [1.54, 1.807) is 0 Å². The first-order valence-corrected chi connectivity index (χ1v) is 4.83. The Labute approximate surface area is 78.7 Å². The highest BCUT2D eigenvalue weighted by Crippen LogP contribution is 2.34. The highest BCUT2D eigenvalue weighted by molar-refractivity contribution is 5.09. The number of aromatic nitrogens is 1. The van der Waals surface area contributed by atoms with Gasteiger partial charge in [-0.25, -0.2) is 0 Å². The number of likely N-dealkylation sites (tertiary alicyclic amines) is 1. The molecule has 0 N–H and O–H groups in total. The van der Waals surface area contributed by atoms with Crippen LogP contribution in [0.3, 0.4) is 0 Å². The second-order valence-corrected chi connectivity index (χ2v) is 3.98. The van der Waals surface area contributed by atoms with Gasteiger partial charge in [0.05, 0.1) is 11.7 Å². The average molecular weight is 180 g/mol. The molecule has 1 aliphatic rings. The number of nitrogens with zero attached hydrogens (tertiary/aromatic N) is 2. The molecular formula is C10H16N2O. The second-order valence-electron chi connectivity index (χ2n) is 3.98. The molecule has 1 saturated heterocycles. The summed E-state index contributed by atoms with van der Waals surface area (Å²) < 4.78 is 5.28. The Morgan fingerprint density at radius 3 is 2.77 bits per heavy atom. The van der Waals surface area contributed by atoms with Crippen LogP contribution in [0, 0.1) is 6.92 Å². The molecule has 72 valence electrons. The lowest BCUT2D eigenvalue weighted by atomic mass is 10.1. The molecule has 0 amide bonds. The highest BCUT2D eigenvalue weighted by Gasteiger charge is 2.30. The summed E-state index contributed by atoms with van der Waals surface area (Å²) >= 11 is 0. The monoisotopic (exact) mass is 180 g/mol. The van der Waals surface area contributed by atoms with Gasteiger partial charge < -0.3 is 4.52 Å². The third-order valence-corrected chi connectivity index (χ3v) is 3.02. The van der Waals surface area contributed by atoms with E-state index in [9.17, 15) is 0 Å². The van der Waals surface area contributed by atoms with Gasteiger partial charge in [-0.05, 0) is 33.7 Å². The molecule has 0 unspecified atom stereocenters. The van der Waals surface area contributed by atoms with E-state index in [0.29, 0.717) is 12.1 Å². The standard InChI is InChI=1S/C10H16N2O/c1-7-6-10(13-11-7)9-5-4-8(2)12(9)3/h6,8-9H,4-5H2,1-3H3/t8-,9-/m0/s1. The summed E-state index contributed by atoms with van der Waals surface area (Å²) in [6.07, 6.45) is 2.44. The fourth-order valence-corrected chi connectivity index (χ4v) is 2.00. The number of rotatable bonds is 1. The molecule has 0 aliphatic carbocycles. The third-order valence-electron chi connectivity index (χ3n) is 3.02. The van der Waals surface area contributed by atoms with Crippen LogP contribution < -0.4 is 0 Å². The van der Waals surface area contributed by atoms with Crippen LogP contribution in [0.1, 0.15) is 37.3 Å². The summed E-state index contributed by atoms with van der Waals surface area (Å²) in [6.45, 7) is 4.22. The van der Waals surface area contributed by atoms with E-state index in [0.717, 1.165) is 11.5 Å². The first-order valence-electron chi connectivity index (χ1n) is 4.83. The summed E-state index contributed by atoms with van der Waals surface area (Å²) in [6, 6.07) is 3.14. The van der Waals surface area contributed by atoms with Crippen molar-refractivity contribution in [3.8, 4) is 0 Å². The lowest BCUT2D eigenvalue weighted by Crippen LogP contribution is -2.24. The van der Waals surface area contributed by atoms with Crippen molar-refractivity contribution >= 4 is 0 Å². The van der Waals surface area contributed by atoms with Crippen molar-refractivity contribution in [1.82, 2.24) is 10.1 Å². The quantitative estimate of drug-likeness (QED) is 0.663. The highest BCUT2D eigenvalue weighted by atomic mass is 16.5. The zero-order valence-electron chi connectivity index (χ0n) is 8.45. The van der Waals surface area contributed by atoms with Crippen LogP contribution in [0.2, 0.25) is 0 Å². The topological polar surface area (TPSA) is 29.3 Å². The van der Waals surface area contributed by atoms with E-state index < -0.39 is 0 Å². The molecule has 0 radical (unpaired) electrons. The van der Waals surface area contributed by atoms with Crippen LogP contribution in [-0.4, -0.2) is 23.1 Å². The summed E-state index contributed by atoms with van der Waals surface area (Å²) in [5, 5.41) is 3.92. The molecule has 1 aromatic rings. The van der Waals surface area contributed by atoms with Crippen LogP contribution in [0.25, 0.3) is 0 Å². The molecule has 0 spiro atoms. The van der Waals surface area contributed by atoms with Crippen molar-refractivity contribution in [2.24, 2.45) is 0 Å². The molecule has 3 nitrogen and oxygen atoms in total. The van der Waals surface area contributed by atoms with E-state index in [4.69, 9.17) is 4.52 Å². The predicted molar refractivity (Wildman–Crippen MR) is 50.4 cm³/mol. The largest absolute Gasteiger partial charge is 0.359 e. The Morgan fingerprint density at radius 1 is 1.54 bits per heavy atom. The fraction of sp³-hybridized carbons (Fsp3) is 0.700. The van der Waals surface area contributed by atoms with Crippen LogP contribution in [0.5, 0.6) is 0 Å². The summed E-state index contributed by atoms with van der Waals surface area (Å²) in [5.74, 6) is 1.02. The van der Waals surface area contributed by atoms with Crippen molar-refractivity contribution < 1.29 is 4.52 Å². The number of aryl methyl sites for hydroxylation is 1. The summed E-state index contributed by atoms with van der Waals surface area (Å²) in [4.78, 5) is 2.36. The Bertz CT molecular complexity index is 295. The normalized spacial score (nSPS) is 29.8. The van der Waals surface area contributed by atoms with Gasteiger partial charge in [-0.15, -0.1) is 0 Å². The van der Waals surface area contributed by atoms with Gasteiger partial charge in [-0.2, -0.15) is 0 Å². The van der Waals surface area contributed by atoms with Crippen LogP contribution in [0.4, 0.5) is 0 Å². The predicted octanol–water partition coefficient (Wildman–Crippen LogP) is 2.14. The van der Waals surface area contributed by atoms with Crippen molar-refractivity contribution in [1.29, 1.82) is 0 Å². The maximum absolute atomic E-state index is 5.28. The van der Waals surface area contributed by atoms with Crippen LogP contribution in [0.15, 0.2) is 10.6 Å².